The number of rotatable bonds is 4. The molecule has 0 aromatic heterocycles. The first-order valence-electron chi connectivity index (χ1n) is 7.43. The number of carboxylic acid groups (broad SMARTS) is 1. The smallest absolute Gasteiger partial charge is 0.326 e. The zero-order chi connectivity index (χ0) is 14.9. The molecule has 0 saturated carbocycles. The average Bonchev–Trinajstić information content (AvgIpc) is 2.67. The molecular weight excluding hydrogens is 260 g/mol. The number of carbonyl (C=O) groups is 2. The summed E-state index contributed by atoms with van der Waals surface area (Å²) in [4.78, 5) is 25.4. The second-order valence-corrected chi connectivity index (χ2v) is 6.07. The Morgan fingerprint density at radius 1 is 1.30 bits per heavy atom. The Labute approximate surface area is 119 Å². The zero-order valence-electron chi connectivity index (χ0n) is 12.1. The highest BCUT2D eigenvalue weighted by Gasteiger charge is 2.43. The Morgan fingerprint density at radius 2 is 1.85 bits per heavy atom. The van der Waals surface area contributed by atoms with Crippen LogP contribution >= 0.6 is 0 Å². The lowest BCUT2D eigenvalue weighted by Gasteiger charge is -2.38. The number of aliphatic carboxylic acids is 1. The van der Waals surface area contributed by atoms with Crippen LogP contribution in [0.1, 0.15) is 46.0 Å². The first-order valence-corrected chi connectivity index (χ1v) is 7.43. The van der Waals surface area contributed by atoms with E-state index in [1.165, 1.54) is 0 Å². The Morgan fingerprint density at radius 3 is 2.30 bits per heavy atom. The van der Waals surface area contributed by atoms with Crippen molar-refractivity contribution in [1.29, 1.82) is 0 Å². The molecule has 0 aliphatic carbocycles. The molecule has 0 radical (unpaired) electrons. The third kappa shape index (κ3) is 2.90. The predicted molar refractivity (Wildman–Crippen MR) is 73.3 cm³/mol. The number of piperidine rings is 1. The van der Waals surface area contributed by atoms with E-state index in [0.29, 0.717) is 19.3 Å². The fraction of sp³-hybridized carbons (Fsp3) is 0.857. The van der Waals surface area contributed by atoms with Crippen LogP contribution in [-0.2, 0) is 4.79 Å². The lowest BCUT2D eigenvalue weighted by Crippen LogP contribution is -2.56. The highest BCUT2D eigenvalue weighted by molar-refractivity contribution is 5.83. The number of urea groups is 1. The summed E-state index contributed by atoms with van der Waals surface area (Å²) in [6.07, 6.45) is 3.37. The third-order valence-corrected chi connectivity index (χ3v) is 4.70. The summed E-state index contributed by atoms with van der Waals surface area (Å²) in [5.41, 5.74) is 0. The van der Waals surface area contributed by atoms with Gasteiger partial charge in [0.15, 0.2) is 0 Å². The number of aliphatic hydroxyl groups excluding tert-OH is 1. The van der Waals surface area contributed by atoms with Gasteiger partial charge in [-0.15, -0.1) is 0 Å². The molecule has 0 aromatic rings. The SMILES string of the molecule is CCC(C)C(NC(=O)N1C2CCC1CC(O)C2)C(=O)O. The van der Waals surface area contributed by atoms with Crippen molar-refractivity contribution in [3.05, 3.63) is 0 Å². The number of amides is 2. The number of hydrogen-bond acceptors (Lipinski definition) is 3. The van der Waals surface area contributed by atoms with Gasteiger partial charge in [-0.05, 0) is 31.6 Å². The summed E-state index contributed by atoms with van der Waals surface area (Å²) >= 11 is 0. The van der Waals surface area contributed by atoms with E-state index in [4.69, 9.17) is 0 Å². The van der Waals surface area contributed by atoms with Crippen molar-refractivity contribution in [2.45, 2.75) is 70.2 Å². The topological polar surface area (TPSA) is 89.9 Å². The van der Waals surface area contributed by atoms with Crippen molar-refractivity contribution < 1.29 is 19.8 Å². The largest absolute Gasteiger partial charge is 0.480 e. The molecule has 114 valence electrons. The van der Waals surface area contributed by atoms with Gasteiger partial charge in [0, 0.05) is 12.1 Å². The molecule has 3 N–H and O–H groups in total. The van der Waals surface area contributed by atoms with Gasteiger partial charge >= 0.3 is 12.0 Å². The summed E-state index contributed by atoms with van der Waals surface area (Å²) in [5, 5.41) is 21.6. The van der Waals surface area contributed by atoms with Crippen molar-refractivity contribution in [2.75, 3.05) is 0 Å². The van der Waals surface area contributed by atoms with E-state index in [2.05, 4.69) is 5.32 Å². The van der Waals surface area contributed by atoms with Gasteiger partial charge in [-0.1, -0.05) is 20.3 Å². The van der Waals surface area contributed by atoms with E-state index in [1.807, 2.05) is 13.8 Å². The lowest BCUT2D eigenvalue weighted by molar-refractivity contribution is -0.140. The highest BCUT2D eigenvalue weighted by atomic mass is 16.4. The van der Waals surface area contributed by atoms with E-state index in [-0.39, 0.29) is 30.1 Å². The minimum Gasteiger partial charge on any atom is -0.480 e. The van der Waals surface area contributed by atoms with Gasteiger partial charge in [-0.2, -0.15) is 0 Å². The van der Waals surface area contributed by atoms with E-state index in [0.717, 1.165) is 12.8 Å². The fourth-order valence-electron chi connectivity index (χ4n) is 3.37. The Hall–Kier alpha value is -1.30. The molecule has 0 aromatic carbocycles. The van der Waals surface area contributed by atoms with E-state index < -0.39 is 12.0 Å². The maximum atomic E-state index is 12.4. The Kier molecular flexibility index (Phi) is 4.52. The van der Waals surface area contributed by atoms with Crippen LogP contribution in [0.3, 0.4) is 0 Å². The molecule has 2 aliphatic rings. The van der Waals surface area contributed by atoms with Crippen LogP contribution in [0.15, 0.2) is 0 Å². The predicted octanol–water partition coefficient (Wildman–Crippen LogP) is 1.18. The molecule has 4 atom stereocenters. The van der Waals surface area contributed by atoms with Gasteiger partial charge in [0.05, 0.1) is 6.10 Å². The monoisotopic (exact) mass is 284 g/mol. The van der Waals surface area contributed by atoms with Crippen LogP contribution in [0.25, 0.3) is 0 Å². The minimum absolute atomic E-state index is 0.0510. The number of carbonyl (C=O) groups excluding carboxylic acids is 1. The Balaban J connectivity index is 2.03. The molecule has 20 heavy (non-hydrogen) atoms. The molecule has 2 heterocycles. The van der Waals surface area contributed by atoms with Gasteiger partial charge in [0.25, 0.3) is 0 Å². The molecule has 6 nitrogen and oxygen atoms in total. The standard InChI is InChI=1S/C14H24N2O4/c1-3-8(2)12(13(18)19)15-14(20)16-9-4-5-10(16)7-11(17)6-9/h8-12,17H,3-7H2,1-2H3,(H,15,20)(H,18,19). The van der Waals surface area contributed by atoms with Crippen molar-refractivity contribution in [1.82, 2.24) is 10.2 Å². The number of aliphatic hydroxyl groups is 1. The van der Waals surface area contributed by atoms with Crippen molar-refractivity contribution in [2.24, 2.45) is 5.92 Å². The molecule has 4 unspecified atom stereocenters. The number of carboxylic acids is 1. The maximum absolute atomic E-state index is 12.4. The second kappa shape index (κ2) is 5.99. The van der Waals surface area contributed by atoms with Crippen molar-refractivity contribution in [3.63, 3.8) is 0 Å². The fourth-order valence-corrected chi connectivity index (χ4v) is 3.37. The average molecular weight is 284 g/mol. The van der Waals surface area contributed by atoms with Crippen LogP contribution in [-0.4, -0.2) is 51.3 Å². The van der Waals surface area contributed by atoms with Gasteiger partial charge < -0.3 is 20.4 Å². The number of nitrogens with one attached hydrogen (secondary N) is 1. The molecule has 2 fully saturated rings. The van der Waals surface area contributed by atoms with Crippen LogP contribution in [0.5, 0.6) is 0 Å². The number of hydrogen-bond donors (Lipinski definition) is 3. The van der Waals surface area contributed by atoms with Gasteiger partial charge in [0.1, 0.15) is 6.04 Å². The minimum atomic E-state index is -0.989. The zero-order valence-corrected chi connectivity index (χ0v) is 12.1. The normalized spacial score (nSPS) is 31.8. The van der Waals surface area contributed by atoms with E-state index >= 15 is 0 Å². The van der Waals surface area contributed by atoms with Crippen molar-refractivity contribution in [3.8, 4) is 0 Å². The molecule has 2 bridgehead atoms. The van der Waals surface area contributed by atoms with E-state index in [1.54, 1.807) is 4.90 Å². The molecule has 2 aliphatic heterocycles. The molecule has 2 rings (SSSR count). The summed E-state index contributed by atoms with van der Waals surface area (Å²) < 4.78 is 0. The molecular formula is C14H24N2O4. The lowest BCUT2D eigenvalue weighted by atomic mass is 9.98. The summed E-state index contributed by atoms with van der Waals surface area (Å²) in [6.45, 7) is 3.74. The van der Waals surface area contributed by atoms with E-state index in [9.17, 15) is 19.8 Å². The molecule has 2 saturated heterocycles. The molecule has 6 heteroatoms. The first kappa shape index (κ1) is 15.1. The highest BCUT2D eigenvalue weighted by Crippen LogP contribution is 2.35. The maximum Gasteiger partial charge on any atom is 0.326 e. The van der Waals surface area contributed by atoms with Crippen LogP contribution in [0.4, 0.5) is 4.79 Å². The van der Waals surface area contributed by atoms with Gasteiger partial charge in [-0.3, -0.25) is 0 Å². The Bertz CT molecular complexity index is 373. The van der Waals surface area contributed by atoms with Crippen LogP contribution < -0.4 is 5.32 Å². The molecule has 2 amide bonds. The molecule has 0 spiro atoms. The summed E-state index contributed by atoms with van der Waals surface area (Å²) in [5.74, 6) is -1.10. The van der Waals surface area contributed by atoms with Crippen LogP contribution in [0, 0.1) is 5.92 Å². The van der Waals surface area contributed by atoms with Gasteiger partial charge in [-0.25, -0.2) is 9.59 Å². The third-order valence-electron chi connectivity index (χ3n) is 4.70. The first-order chi connectivity index (χ1) is 9.43. The summed E-state index contributed by atoms with van der Waals surface area (Å²) in [6, 6.07) is -1.04. The van der Waals surface area contributed by atoms with Crippen LogP contribution in [0.2, 0.25) is 0 Å². The summed E-state index contributed by atoms with van der Waals surface area (Å²) in [7, 11) is 0. The van der Waals surface area contributed by atoms with Crippen molar-refractivity contribution >= 4 is 12.0 Å². The van der Waals surface area contributed by atoms with Gasteiger partial charge in [0.2, 0.25) is 0 Å². The second-order valence-electron chi connectivity index (χ2n) is 6.07. The number of fused-ring (bicyclic) bond motifs is 2. The quantitative estimate of drug-likeness (QED) is 0.723. The number of nitrogens with zero attached hydrogens (tertiary/aromatic N) is 1.